The van der Waals surface area contributed by atoms with E-state index in [-0.39, 0.29) is 5.82 Å². The molecule has 0 unspecified atom stereocenters. The lowest BCUT2D eigenvalue weighted by Crippen LogP contribution is -2.27. The number of carbonyl (C=O) groups is 1. The normalized spacial score (nSPS) is 11.5. The van der Waals surface area contributed by atoms with Crippen LogP contribution in [-0.4, -0.2) is 33.9 Å². The summed E-state index contributed by atoms with van der Waals surface area (Å²) in [6.45, 7) is 4.99. The van der Waals surface area contributed by atoms with Gasteiger partial charge in [0.1, 0.15) is 10.6 Å². The fourth-order valence-corrected chi connectivity index (χ4v) is 5.33. The van der Waals surface area contributed by atoms with Gasteiger partial charge in [0.15, 0.2) is 4.34 Å². The molecule has 0 aliphatic carbocycles. The van der Waals surface area contributed by atoms with Gasteiger partial charge in [-0.05, 0) is 56.5 Å². The molecule has 0 amide bonds. The highest BCUT2D eigenvalue weighted by molar-refractivity contribution is 8.02. The number of nitrogens with zero attached hydrogens (tertiary/aromatic N) is 2. The van der Waals surface area contributed by atoms with Crippen molar-refractivity contribution in [1.29, 1.82) is 0 Å². The predicted molar refractivity (Wildman–Crippen MR) is 127 cm³/mol. The SMILES string of the molecule is CC(C)(Sc1nc(CCN(CCCc2ccccc2)c2ccc(F)cc2)cs1)C(=O)O. The Bertz CT molecular complexity index is 975. The highest BCUT2D eigenvalue weighted by atomic mass is 32.2. The molecule has 0 fully saturated rings. The molecule has 31 heavy (non-hydrogen) atoms. The smallest absolute Gasteiger partial charge is 0.319 e. The van der Waals surface area contributed by atoms with Gasteiger partial charge in [0, 0.05) is 30.6 Å². The topological polar surface area (TPSA) is 53.4 Å². The summed E-state index contributed by atoms with van der Waals surface area (Å²) in [4.78, 5) is 18.2. The van der Waals surface area contributed by atoms with Gasteiger partial charge in [-0.3, -0.25) is 4.79 Å². The Balaban J connectivity index is 1.62. The van der Waals surface area contributed by atoms with Crippen LogP contribution in [0.1, 0.15) is 31.5 Å². The second-order valence-corrected chi connectivity index (χ2v) is 10.6. The molecular formula is C24H27FN2O2S2. The van der Waals surface area contributed by atoms with E-state index in [1.807, 2.05) is 23.6 Å². The highest BCUT2D eigenvalue weighted by Crippen LogP contribution is 2.34. The quantitative estimate of drug-likeness (QED) is 0.362. The number of carboxylic acids is 1. The molecule has 0 aliphatic heterocycles. The minimum absolute atomic E-state index is 0.241. The first-order valence-electron chi connectivity index (χ1n) is 10.2. The molecule has 3 rings (SSSR count). The number of thiazole rings is 1. The van der Waals surface area contributed by atoms with E-state index in [0.29, 0.717) is 0 Å². The van der Waals surface area contributed by atoms with Crippen LogP contribution in [0.3, 0.4) is 0 Å². The van der Waals surface area contributed by atoms with Crippen LogP contribution in [0, 0.1) is 5.82 Å². The van der Waals surface area contributed by atoms with Gasteiger partial charge in [-0.15, -0.1) is 11.3 Å². The van der Waals surface area contributed by atoms with Gasteiger partial charge in [-0.1, -0.05) is 42.1 Å². The maximum Gasteiger partial charge on any atom is 0.319 e. The number of anilines is 1. The third-order valence-corrected chi connectivity index (χ3v) is 7.13. The van der Waals surface area contributed by atoms with Gasteiger partial charge in [0.05, 0.1) is 5.69 Å². The zero-order valence-electron chi connectivity index (χ0n) is 17.8. The predicted octanol–water partition coefficient (Wildman–Crippen LogP) is 5.92. The minimum Gasteiger partial charge on any atom is -0.480 e. The number of hydrogen-bond acceptors (Lipinski definition) is 5. The van der Waals surface area contributed by atoms with Crippen LogP contribution in [0.2, 0.25) is 0 Å². The van der Waals surface area contributed by atoms with Crippen LogP contribution in [0.4, 0.5) is 10.1 Å². The lowest BCUT2D eigenvalue weighted by Gasteiger charge is -2.25. The lowest BCUT2D eigenvalue weighted by atomic mass is 10.1. The van der Waals surface area contributed by atoms with Gasteiger partial charge >= 0.3 is 5.97 Å². The number of benzene rings is 2. The van der Waals surface area contributed by atoms with E-state index in [1.54, 1.807) is 13.8 Å². The van der Waals surface area contributed by atoms with E-state index in [9.17, 15) is 14.3 Å². The number of rotatable bonds is 11. The molecule has 1 heterocycles. The number of carboxylic acid groups (broad SMARTS) is 1. The van der Waals surface area contributed by atoms with Crippen molar-refractivity contribution < 1.29 is 14.3 Å². The Morgan fingerprint density at radius 2 is 1.81 bits per heavy atom. The molecule has 0 saturated heterocycles. The highest BCUT2D eigenvalue weighted by Gasteiger charge is 2.29. The van der Waals surface area contributed by atoms with Gasteiger partial charge in [0.25, 0.3) is 0 Å². The van der Waals surface area contributed by atoms with Crippen molar-refractivity contribution in [3.63, 3.8) is 0 Å². The number of thioether (sulfide) groups is 1. The summed E-state index contributed by atoms with van der Waals surface area (Å²) < 4.78 is 13.3. The van der Waals surface area contributed by atoms with Crippen LogP contribution in [0.25, 0.3) is 0 Å². The van der Waals surface area contributed by atoms with Crippen molar-refractivity contribution in [3.05, 3.63) is 77.1 Å². The maximum atomic E-state index is 13.4. The Morgan fingerprint density at radius 1 is 1.10 bits per heavy atom. The molecule has 1 aromatic heterocycles. The van der Waals surface area contributed by atoms with Crippen LogP contribution in [0.15, 0.2) is 64.3 Å². The average Bonchev–Trinajstić information content (AvgIpc) is 3.18. The Labute approximate surface area is 191 Å². The number of aromatic nitrogens is 1. The molecule has 1 N–H and O–H groups in total. The monoisotopic (exact) mass is 458 g/mol. The summed E-state index contributed by atoms with van der Waals surface area (Å²) in [6, 6.07) is 17.0. The first kappa shape index (κ1) is 23.3. The molecule has 0 radical (unpaired) electrons. The molecular weight excluding hydrogens is 431 g/mol. The van der Waals surface area contributed by atoms with Crippen LogP contribution < -0.4 is 4.90 Å². The molecule has 2 aromatic carbocycles. The zero-order valence-corrected chi connectivity index (χ0v) is 19.4. The van der Waals surface area contributed by atoms with Crippen molar-refractivity contribution >= 4 is 34.8 Å². The molecule has 0 saturated carbocycles. The first-order valence-corrected chi connectivity index (χ1v) is 11.9. The van der Waals surface area contributed by atoms with Crippen molar-refractivity contribution in [1.82, 2.24) is 4.98 Å². The second-order valence-electron chi connectivity index (χ2n) is 7.82. The summed E-state index contributed by atoms with van der Waals surface area (Å²) in [7, 11) is 0. The lowest BCUT2D eigenvalue weighted by molar-refractivity contribution is -0.138. The molecule has 0 atom stereocenters. The standard InChI is InChI=1S/C24H27FN2O2S2/c1-24(2,22(28)29)31-23-26-20(17-30-23)14-16-27(21-12-10-19(25)11-13-21)15-6-9-18-7-4-3-5-8-18/h3-5,7-8,10-13,17H,6,9,14-16H2,1-2H3,(H,28,29). The molecule has 164 valence electrons. The number of aliphatic carboxylic acids is 1. The van der Waals surface area contributed by atoms with Crippen molar-refractivity contribution in [3.8, 4) is 0 Å². The third kappa shape index (κ3) is 7.08. The van der Waals surface area contributed by atoms with Crippen LogP contribution in [-0.2, 0) is 17.6 Å². The summed E-state index contributed by atoms with van der Waals surface area (Å²) >= 11 is 2.75. The Hall–Kier alpha value is -2.38. The van der Waals surface area contributed by atoms with Crippen molar-refractivity contribution in [2.24, 2.45) is 0 Å². The number of halogens is 1. The van der Waals surface area contributed by atoms with Crippen molar-refractivity contribution in [2.75, 3.05) is 18.0 Å². The number of aryl methyl sites for hydroxylation is 1. The molecule has 0 spiro atoms. The second kappa shape index (κ2) is 10.8. The molecule has 7 heteroatoms. The molecule has 0 aliphatic rings. The van der Waals surface area contributed by atoms with Gasteiger partial charge in [-0.2, -0.15) is 0 Å². The summed E-state index contributed by atoms with van der Waals surface area (Å²) in [6.07, 6.45) is 2.72. The van der Waals surface area contributed by atoms with E-state index < -0.39 is 10.7 Å². The first-order chi connectivity index (χ1) is 14.8. The Morgan fingerprint density at radius 3 is 2.48 bits per heavy atom. The van der Waals surface area contributed by atoms with Gasteiger partial charge < -0.3 is 10.0 Å². The number of hydrogen-bond donors (Lipinski definition) is 1. The summed E-state index contributed by atoms with van der Waals surface area (Å²) in [5.41, 5.74) is 3.25. The summed E-state index contributed by atoms with van der Waals surface area (Å²) in [5, 5.41) is 11.3. The molecule has 0 bridgehead atoms. The average molecular weight is 459 g/mol. The van der Waals surface area contributed by atoms with Gasteiger partial charge in [-0.25, -0.2) is 9.37 Å². The largest absolute Gasteiger partial charge is 0.480 e. The van der Waals surface area contributed by atoms with E-state index in [2.05, 4.69) is 34.1 Å². The van der Waals surface area contributed by atoms with Gasteiger partial charge in [0.2, 0.25) is 0 Å². The van der Waals surface area contributed by atoms with E-state index in [4.69, 9.17) is 0 Å². The van der Waals surface area contributed by atoms with E-state index in [1.165, 1.54) is 40.8 Å². The minimum atomic E-state index is -0.910. The van der Waals surface area contributed by atoms with E-state index in [0.717, 1.165) is 48.1 Å². The third-order valence-electron chi connectivity index (χ3n) is 4.95. The fourth-order valence-electron chi connectivity index (χ4n) is 3.10. The fraction of sp³-hybridized carbons (Fsp3) is 0.333. The van der Waals surface area contributed by atoms with Crippen LogP contribution in [0.5, 0.6) is 0 Å². The van der Waals surface area contributed by atoms with Crippen molar-refractivity contribution in [2.45, 2.75) is 42.2 Å². The molecule has 3 aromatic rings. The molecule has 4 nitrogen and oxygen atoms in total. The maximum absolute atomic E-state index is 13.4. The summed E-state index contributed by atoms with van der Waals surface area (Å²) in [5.74, 6) is -1.09. The Kier molecular flexibility index (Phi) is 8.09. The van der Waals surface area contributed by atoms with E-state index >= 15 is 0 Å². The van der Waals surface area contributed by atoms with Crippen LogP contribution >= 0.6 is 23.1 Å². The zero-order chi connectivity index (χ0) is 22.3.